The second-order valence-corrected chi connectivity index (χ2v) is 5.65. The van der Waals surface area contributed by atoms with Gasteiger partial charge in [-0.05, 0) is 42.5 Å². The summed E-state index contributed by atoms with van der Waals surface area (Å²) in [5.74, 6) is 0.858. The molecule has 0 aliphatic heterocycles. The highest BCUT2D eigenvalue weighted by Crippen LogP contribution is 2.37. The van der Waals surface area contributed by atoms with E-state index in [0.29, 0.717) is 6.54 Å². The second kappa shape index (κ2) is 5.78. The average molecular weight is 282 g/mol. The van der Waals surface area contributed by atoms with Crippen LogP contribution in [-0.2, 0) is 12.0 Å². The summed E-state index contributed by atoms with van der Waals surface area (Å²) in [7, 11) is 1.69. The van der Waals surface area contributed by atoms with Gasteiger partial charge in [0.05, 0.1) is 12.6 Å². The van der Waals surface area contributed by atoms with Crippen LogP contribution in [0.2, 0.25) is 0 Å². The summed E-state index contributed by atoms with van der Waals surface area (Å²) in [4.78, 5) is 0. The van der Waals surface area contributed by atoms with Gasteiger partial charge in [-0.3, -0.25) is 0 Å². The van der Waals surface area contributed by atoms with E-state index < -0.39 is 0 Å². The highest BCUT2D eigenvalue weighted by Gasteiger charge is 2.35. The summed E-state index contributed by atoms with van der Waals surface area (Å²) in [5.41, 5.74) is 9.79. The van der Waals surface area contributed by atoms with E-state index in [-0.39, 0.29) is 5.54 Å². The van der Waals surface area contributed by atoms with Gasteiger partial charge >= 0.3 is 0 Å². The molecule has 2 aromatic carbocycles. The third-order valence-electron chi connectivity index (χ3n) is 4.38. The zero-order valence-corrected chi connectivity index (χ0v) is 12.4. The Morgan fingerprint density at radius 1 is 1.19 bits per heavy atom. The lowest BCUT2D eigenvalue weighted by Gasteiger charge is -2.40. The molecule has 0 heterocycles. The first-order chi connectivity index (χ1) is 10.3. The molecule has 3 N–H and O–H groups in total. The van der Waals surface area contributed by atoms with Gasteiger partial charge in [-0.15, -0.1) is 0 Å². The number of hydrogen-bond acceptors (Lipinski definition) is 3. The minimum atomic E-state index is -0.179. The first-order valence-electron chi connectivity index (χ1n) is 7.48. The van der Waals surface area contributed by atoms with Gasteiger partial charge in [0, 0.05) is 18.3 Å². The third kappa shape index (κ3) is 2.61. The van der Waals surface area contributed by atoms with Crippen molar-refractivity contribution in [2.75, 3.05) is 19.0 Å². The quantitative estimate of drug-likeness (QED) is 0.904. The smallest absolute Gasteiger partial charge is 0.120 e. The van der Waals surface area contributed by atoms with Gasteiger partial charge in [0.1, 0.15) is 5.75 Å². The van der Waals surface area contributed by atoms with Crippen LogP contribution >= 0.6 is 0 Å². The number of fused-ring (bicyclic) bond motifs is 1. The van der Waals surface area contributed by atoms with Gasteiger partial charge in [-0.1, -0.05) is 30.3 Å². The molecule has 0 saturated heterocycles. The van der Waals surface area contributed by atoms with Crippen LogP contribution in [0.15, 0.2) is 48.5 Å². The molecule has 0 fully saturated rings. The number of benzene rings is 2. The van der Waals surface area contributed by atoms with E-state index >= 15 is 0 Å². The summed E-state index contributed by atoms with van der Waals surface area (Å²) in [6, 6.07) is 16.7. The van der Waals surface area contributed by atoms with Crippen molar-refractivity contribution in [3.05, 3.63) is 59.7 Å². The summed E-state index contributed by atoms with van der Waals surface area (Å²) in [5, 5.41) is 3.67. The van der Waals surface area contributed by atoms with Crippen LogP contribution in [0.1, 0.15) is 24.0 Å². The molecule has 0 bridgehead atoms. The fraction of sp³-hybridized carbons (Fsp3) is 0.333. The number of ether oxygens (including phenoxy) is 1. The van der Waals surface area contributed by atoms with E-state index in [4.69, 9.17) is 10.5 Å². The molecule has 0 saturated carbocycles. The molecule has 3 rings (SSSR count). The zero-order chi connectivity index (χ0) is 14.7. The molecule has 3 nitrogen and oxygen atoms in total. The van der Waals surface area contributed by atoms with Gasteiger partial charge in [0.15, 0.2) is 0 Å². The van der Waals surface area contributed by atoms with Gasteiger partial charge in [0.2, 0.25) is 0 Å². The zero-order valence-electron chi connectivity index (χ0n) is 12.4. The van der Waals surface area contributed by atoms with E-state index in [0.717, 1.165) is 30.7 Å². The predicted molar refractivity (Wildman–Crippen MR) is 86.7 cm³/mol. The number of nitrogens with one attached hydrogen (secondary N) is 1. The standard InChI is InChI=1S/C18H22N2O/c1-21-16-9-4-8-15(12-16)20-18(13-19)11-5-7-14-6-2-3-10-17(14)18/h2-4,6,8-10,12,20H,5,7,11,13,19H2,1H3. The lowest BCUT2D eigenvalue weighted by atomic mass is 9.76. The first-order valence-corrected chi connectivity index (χ1v) is 7.48. The minimum absolute atomic E-state index is 0.179. The molecule has 0 spiro atoms. The molecule has 1 aliphatic rings. The van der Waals surface area contributed by atoms with Crippen molar-refractivity contribution < 1.29 is 4.74 Å². The molecule has 0 aromatic heterocycles. The normalized spacial score (nSPS) is 20.7. The number of anilines is 1. The Labute approximate surface area is 126 Å². The van der Waals surface area contributed by atoms with Crippen molar-refractivity contribution in [3.8, 4) is 5.75 Å². The number of rotatable bonds is 4. The van der Waals surface area contributed by atoms with E-state index in [1.54, 1.807) is 7.11 Å². The fourth-order valence-electron chi connectivity index (χ4n) is 3.29. The number of hydrogen-bond donors (Lipinski definition) is 2. The predicted octanol–water partition coefficient (Wildman–Crippen LogP) is 3.30. The van der Waals surface area contributed by atoms with Gasteiger partial charge in [-0.25, -0.2) is 0 Å². The van der Waals surface area contributed by atoms with Crippen LogP contribution in [0.25, 0.3) is 0 Å². The molecule has 1 atom stereocenters. The van der Waals surface area contributed by atoms with Crippen molar-refractivity contribution in [2.45, 2.75) is 24.8 Å². The van der Waals surface area contributed by atoms with Crippen molar-refractivity contribution in [1.82, 2.24) is 0 Å². The Morgan fingerprint density at radius 2 is 2.05 bits per heavy atom. The molecule has 1 unspecified atom stereocenters. The Hall–Kier alpha value is -2.00. The molecular formula is C18H22N2O. The Morgan fingerprint density at radius 3 is 2.86 bits per heavy atom. The topological polar surface area (TPSA) is 47.3 Å². The highest BCUT2D eigenvalue weighted by molar-refractivity contribution is 5.53. The molecule has 1 aliphatic carbocycles. The van der Waals surface area contributed by atoms with Gasteiger partial charge < -0.3 is 15.8 Å². The van der Waals surface area contributed by atoms with Crippen LogP contribution < -0.4 is 15.8 Å². The van der Waals surface area contributed by atoms with E-state index in [1.165, 1.54) is 11.1 Å². The molecule has 0 amide bonds. The first kappa shape index (κ1) is 14.0. The maximum Gasteiger partial charge on any atom is 0.120 e. The van der Waals surface area contributed by atoms with Crippen LogP contribution in [0.4, 0.5) is 5.69 Å². The number of nitrogens with two attached hydrogens (primary N) is 1. The summed E-state index contributed by atoms with van der Waals surface area (Å²) in [6.45, 7) is 0.585. The minimum Gasteiger partial charge on any atom is -0.497 e. The molecule has 2 aromatic rings. The Kier molecular flexibility index (Phi) is 3.84. The van der Waals surface area contributed by atoms with E-state index in [2.05, 4.69) is 35.6 Å². The van der Waals surface area contributed by atoms with Gasteiger partial charge in [-0.2, -0.15) is 0 Å². The summed E-state index contributed by atoms with van der Waals surface area (Å²) >= 11 is 0. The molecule has 0 radical (unpaired) electrons. The SMILES string of the molecule is COc1cccc(NC2(CN)CCCc3ccccc32)c1. The largest absolute Gasteiger partial charge is 0.497 e. The number of methoxy groups -OCH3 is 1. The highest BCUT2D eigenvalue weighted by atomic mass is 16.5. The monoisotopic (exact) mass is 282 g/mol. The van der Waals surface area contributed by atoms with Crippen LogP contribution in [-0.4, -0.2) is 13.7 Å². The maximum absolute atomic E-state index is 6.18. The van der Waals surface area contributed by atoms with Crippen molar-refractivity contribution in [2.24, 2.45) is 5.73 Å². The summed E-state index contributed by atoms with van der Waals surface area (Å²) < 4.78 is 5.31. The Bertz CT molecular complexity index is 626. The lowest BCUT2D eigenvalue weighted by molar-refractivity contribution is 0.410. The van der Waals surface area contributed by atoms with Crippen LogP contribution in [0.5, 0.6) is 5.75 Å². The second-order valence-electron chi connectivity index (χ2n) is 5.65. The Balaban J connectivity index is 1.98. The fourth-order valence-corrected chi connectivity index (χ4v) is 3.29. The van der Waals surface area contributed by atoms with Crippen LogP contribution in [0.3, 0.4) is 0 Å². The molecule has 3 heteroatoms. The van der Waals surface area contributed by atoms with Crippen LogP contribution in [0, 0.1) is 0 Å². The van der Waals surface area contributed by atoms with Crippen molar-refractivity contribution >= 4 is 5.69 Å². The lowest BCUT2D eigenvalue weighted by Crippen LogP contribution is -2.45. The van der Waals surface area contributed by atoms with Crippen molar-refractivity contribution in [3.63, 3.8) is 0 Å². The molecule has 21 heavy (non-hydrogen) atoms. The summed E-state index contributed by atoms with van der Waals surface area (Å²) in [6.07, 6.45) is 3.35. The van der Waals surface area contributed by atoms with E-state index in [9.17, 15) is 0 Å². The number of aryl methyl sites for hydroxylation is 1. The van der Waals surface area contributed by atoms with E-state index in [1.807, 2.05) is 18.2 Å². The maximum atomic E-state index is 6.18. The average Bonchev–Trinajstić information content (AvgIpc) is 2.55. The van der Waals surface area contributed by atoms with Gasteiger partial charge in [0.25, 0.3) is 0 Å². The van der Waals surface area contributed by atoms with Crippen molar-refractivity contribution in [1.29, 1.82) is 0 Å². The third-order valence-corrected chi connectivity index (χ3v) is 4.38. The molecule has 110 valence electrons. The molecular weight excluding hydrogens is 260 g/mol.